The molecule has 0 fully saturated rings. The molecule has 0 spiro atoms. The van der Waals surface area contributed by atoms with Gasteiger partial charge in [-0.25, -0.2) is 0 Å². The smallest absolute Gasteiger partial charge is 0.126 e. The zero-order valence-corrected chi connectivity index (χ0v) is 35.3. The van der Waals surface area contributed by atoms with Crippen molar-refractivity contribution in [2.24, 2.45) is 0 Å². The number of rotatable bonds is 8. The predicted molar refractivity (Wildman–Crippen MR) is 256 cm³/mol. The van der Waals surface area contributed by atoms with Gasteiger partial charge in [0.15, 0.2) is 0 Å². The van der Waals surface area contributed by atoms with E-state index in [1.165, 1.54) is 11.1 Å². The number of nitrogens with one attached hydrogen (secondary N) is 4. The van der Waals surface area contributed by atoms with Gasteiger partial charge in [-0.2, -0.15) is 0 Å². The second kappa shape index (κ2) is 16.2. The van der Waals surface area contributed by atoms with E-state index in [2.05, 4.69) is 222 Å². The van der Waals surface area contributed by atoms with Crippen LogP contribution in [0.5, 0.6) is 5.75 Å². The molecule has 10 rings (SSSR count). The van der Waals surface area contributed by atoms with Crippen molar-refractivity contribution in [3.8, 4) is 5.75 Å². The van der Waals surface area contributed by atoms with Crippen LogP contribution in [-0.4, -0.2) is 27.0 Å². The van der Waals surface area contributed by atoms with Crippen LogP contribution < -0.4 is 31.0 Å². The number of para-hydroxylation sites is 1. The fourth-order valence-electron chi connectivity index (χ4n) is 8.38. The van der Waals surface area contributed by atoms with Gasteiger partial charge >= 0.3 is 0 Å². The fourth-order valence-corrected chi connectivity index (χ4v) is 8.38. The first-order valence-corrected chi connectivity index (χ1v) is 21.0. The number of hydrogen-bond acceptors (Lipinski definition) is 2. The number of H-pyrrole nitrogens is 4. The molecule has 1 aliphatic heterocycles. The highest BCUT2D eigenvalue weighted by Gasteiger charge is 2.17. The number of fused-ring (bicyclic) bond motifs is 8. The van der Waals surface area contributed by atoms with E-state index in [9.17, 15) is 0 Å². The van der Waals surface area contributed by atoms with Gasteiger partial charge in [0.05, 0.1) is 7.11 Å². The van der Waals surface area contributed by atoms with Gasteiger partial charge < -0.3 is 29.6 Å². The Morgan fingerprint density at radius 3 is 1.66 bits per heavy atom. The fraction of sp³-hybridized carbons (Fsp3) is 0.0714. The topological polar surface area (TPSA) is 75.6 Å². The molecule has 4 aromatic heterocycles. The van der Waals surface area contributed by atoms with Crippen LogP contribution in [0, 0.1) is 13.8 Å². The first-order chi connectivity index (χ1) is 30.4. The molecule has 0 radical (unpaired) electrons. The lowest BCUT2D eigenvalue weighted by atomic mass is 10.0. The SMILES string of the molecule is COc1ccccc1C1=c2ccc([nH]2)=C(c2ccc(/C=C/c3ccc(N(c4ccc(C)cc4)c4ccc(C)cc4)cc3)cc2)c2ccc([nH]2)C(C)=c2ccc([nH]2)=Cc2ccc1[nH]2. The highest BCUT2D eigenvalue weighted by Crippen LogP contribution is 2.35. The van der Waals surface area contributed by atoms with Crippen molar-refractivity contribution < 1.29 is 4.74 Å². The Bertz CT molecular complexity index is 3290. The average Bonchev–Trinajstić information content (AvgIpc) is 4.15. The summed E-state index contributed by atoms with van der Waals surface area (Å²) in [6.07, 6.45) is 6.50. The Labute approximate surface area is 361 Å². The molecule has 0 atom stereocenters. The number of benzene rings is 5. The minimum absolute atomic E-state index is 0.803. The predicted octanol–water partition coefficient (Wildman–Crippen LogP) is 10.1. The van der Waals surface area contributed by atoms with Gasteiger partial charge in [0.25, 0.3) is 0 Å². The summed E-state index contributed by atoms with van der Waals surface area (Å²) in [4.78, 5) is 17.2. The monoisotopic (exact) mass is 805 g/mol. The molecule has 0 saturated heterocycles. The van der Waals surface area contributed by atoms with E-state index >= 15 is 0 Å². The summed E-state index contributed by atoms with van der Waals surface area (Å²) < 4.78 is 5.91. The Morgan fingerprint density at radius 2 is 1.00 bits per heavy atom. The van der Waals surface area contributed by atoms with Crippen molar-refractivity contribution in [2.45, 2.75) is 20.8 Å². The summed E-state index contributed by atoms with van der Waals surface area (Å²) in [7, 11) is 1.72. The van der Waals surface area contributed by atoms with Gasteiger partial charge in [-0.3, -0.25) is 0 Å². The van der Waals surface area contributed by atoms with Crippen LogP contribution in [0.2, 0.25) is 0 Å². The van der Waals surface area contributed by atoms with E-state index in [0.29, 0.717) is 0 Å². The molecule has 0 unspecified atom stereocenters. The van der Waals surface area contributed by atoms with Gasteiger partial charge in [0.2, 0.25) is 0 Å². The summed E-state index contributed by atoms with van der Waals surface area (Å²) in [6, 6.07) is 60.4. The molecule has 62 heavy (non-hydrogen) atoms. The van der Waals surface area contributed by atoms with Gasteiger partial charge in [-0.15, -0.1) is 0 Å². The molecule has 5 heterocycles. The lowest BCUT2D eigenvalue weighted by Crippen LogP contribution is -2.18. The first kappa shape index (κ1) is 38.3. The quantitative estimate of drug-likeness (QED) is 0.116. The van der Waals surface area contributed by atoms with Crippen LogP contribution in [0.1, 0.15) is 63.1 Å². The summed E-state index contributed by atoms with van der Waals surface area (Å²) >= 11 is 0. The van der Waals surface area contributed by atoms with Crippen LogP contribution in [0.4, 0.5) is 17.1 Å². The van der Waals surface area contributed by atoms with E-state index in [1.54, 1.807) is 7.11 Å². The van der Waals surface area contributed by atoms with Crippen molar-refractivity contribution in [3.05, 3.63) is 247 Å². The molecular weight excluding hydrogens is 759 g/mol. The number of nitrogens with zero attached hydrogens (tertiary/aromatic N) is 1. The van der Waals surface area contributed by atoms with Crippen LogP contribution in [0.15, 0.2) is 170 Å². The minimum atomic E-state index is 0.803. The number of aromatic nitrogens is 4. The Kier molecular flexibility index (Phi) is 10.0. The second-order valence-electron chi connectivity index (χ2n) is 16.0. The average molecular weight is 806 g/mol. The van der Waals surface area contributed by atoms with Crippen LogP contribution >= 0.6 is 0 Å². The zero-order chi connectivity index (χ0) is 42.2. The van der Waals surface area contributed by atoms with Crippen molar-refractivity contribution in [1.82, 2.24) is 19.9 Å². The molecule has 302 valence electrons. The number of hydrogen-bond donors (Lipinski definition) is 4. The summed E-state index contributed by atoms with van der Waals surface area (Å²) in [5.41, 5.74) is 17.5. The van der Waals surface area contributed by atoms with E-state index < -0.39 is 0 Å². The molecule has 4 N–H and O–H groups in total. The van der Waals surface area contributed by atoms with Crippen molar-refractivity contribution in [1.29, 1.82) is 0 Å². The largest absolute Gasteiger partial charge is 0.496 e. The van der Waals surface area contributed by atoms with E-state index in [0.717, 1.165) is 106 Å². The lowest BCUT2D eigenvalue weighted by molar-refractivity contribution is 0.413. The first-order valence-electron chi connectivity index (χ1n) is 21.0. The van der Waals surface area contributed by atoms with Crippen molar-refractivity contribution >= 4 is 52.0 Å². The maximum Gasteiger partial charge on any atom is 0.126 e. The van der Waals surface area contributed by atoms with Crippen LogP contribution in [-0.2, 0) is 0 Å². The standard InChI is InChI=1S/C56H47N5O/c1-36-9-23-44(24-10-36)61(45-25-11-37(2)12-26-45)46-27-17-40(18-28-46)14-13-39-15-19-41(20-16-39)55-50-32-31-49(59-50)38(3)48-29-21-42(57-48)35-43-22-30-52(58-43)56(53-34-33-51(55)60-53)47-7-5-6-8-54(47)62-4/h5-35,57-60H,1-4H3/b14-13+,42-35?,43-35?,48-38?,49-38?,55-50?,55-51?,56-52?,56-53?. The Hall–Kier alpha value is -7.96. The highest BCUT2D eigenvalue weighted by molar-refractivity contribution is 5.83. The molecule has 9 aromatic rings. The molecule has 6 nitrogen and oxygen atoms in total. The maximum atomic E-state index is 5.91. The number of aryl methyl sites for hydroxylation is 2. The summed E-state index contributed by atoms with van der Waals surface area (Å²) in [6.45, 7) is 6.40. The van der Waals surface area contributed by atoms with Crippen molar-refractivity contribution in [2.75, 3.05) is 12.0 Å². The minimum Gasteiger partial charge on any atom is -0.496 e. The third-order valence-electron chi connectivity index (χ3n) is 11.8. The second-order valence-corrected chi connectivity index (χ2v) is 16.0. The van der Waals surface area contributed by atoms with Crippen LogP contribution in [0.25, 0.3) is 34.9 Å². The molecule has 6 heteroatoms. The molecule has 0 saturated carbocycles. The van der Waals surface area contributed by atoms with Crippen molar-refractivity contribution in [3.63, 3.8) is 0 Å². The van der Waals surface area contributed by atoms with E-state index in [1.807, 2.05) is 12.1 Å². The van der Waals surface area contributed by atoms with Gasteiger partial charge in [0.1, 0.15) is 5.75 Å². The highest BCUT2D eigenvalue weighted by atomic mass is 16.5. The lowest BCUT2D eigenvalue weighted by Gasteiger charge is -2.25. The Morgan fingerprint density at radius 1 is 0.452 bits per heavy atom. The molecule has 8 bridgehead atoms. The molecule has 0 amide bonds. The molecule has 5 aromatic carbocycles. The van der Waals surface area contributed by atoms with Crippen LogP contribution in [0.3, 0.4) is 0 Å². The van der Waals surface area contributed by atoms with E-state index in [4.69, 9.17) is 4.74 Å². The third-order valence-corrected chi connectivity index (χ3v) is 11.8. The summed E-state index contributed by atoms with van der Waals surface area (Å²) in [5.74, 6) is 0.803. The maximum absolute atomic E-state index is 5.91. The molecular formula is C56H47N5O. The number of aromatic amines is 4. The van der Waals surface area contributed by atoms with E-state index in [-0.39, 0.29) is 0 Å². The number of methoxy groups -OCH3 is 1. The Balaban J connectivity index is 1.03. The molecule has 0 aliphatic carbocycles. The van der Waals surface area contributed by atoms with Gasteiger partial charge in [-0.05, 0) is 140 Å². The zero-order valence-electron chi connectivity index (χ0n) is 35.3. The van der Waals surface area contributed by atoms with Gasteiger partial charge in [-0.1, -0.05) is 102 Å². The third kappa shape index (κ3) is 7.55. The van der Waals surface area contributed by atoms with Gasteiger partial charge in [0, 0.05) is 77.9 Å². The summed E-state index contributed by atoms with van der Waals surface area (Å²) in [5, 5.41) is 4.06. The molecule has 1 aliphatic rings. The number of anilines is 3. The number of ether oxygens (including phenoxy) is 1. The normalized spacial score (nSPS) is 12.5.